The second kappa shape index (κ2) is 4.44. The van der Waals surface area contributed by atoms with Crippen molar-refractivity contribution < 1.29 is 9.47 Å². The zero-order valence-electron chi connectivity index (χ0n) is 10.0. The summed E-state index contributed by atoms with van der Waals surface area (Å²) in [5.41, 5.74) is 6.78. The quantitative estimate of drug-likeness (QED) is 0.826. The largest absolute Gasteiger partial charge is 0.468 e. The number of methoxy groups -OCH3 is 1. The number of nitrogens with one attached hydrogen (secondary N) is 1. The average molecular weight is 237 g/mol. The molecule has 7 heteroatoms. The molecule has 2 aromatic heterocycles. The van der Waals surface area contributed by atoms with E-state index in [-0.39, 0.29) is 12.1 Å². The van der Waals surface area contributed by atoms with Gasteiger partial charge in [-0.25, -0.2) is 0 Å². The summed E-state index contributed by atoms with van der Waals surface area (Å²) >= 11 is 0. The fraction of sp³-hybridized carbons (Fsp3) is 0.500. The highest BCUT2D eigenvalue weighted by molar-refractivity contribution is 5.82. The van der Waals surface area contributed by atoms with Crippen LogP contribution in [0.1, 0.15) is 20.3 Å². The van der Waals surface area contributed by atoms with Gasteiger partial charge in [-0.3, -0.25) is 0 Å². The van der Waals surface area contributed by atoms with E-state index in [0.717, 1.165) is 6.42 Å². The Labute approximate surface area is 98.4 Å². The summed E-state index contributed by atoms with van der Waals surface area (Å²) in [5, 5.41) is 0. The van der Waals surface area contributed by atoms with Gasteiger partial charge >= 0.3 is 6.01 Å². The van der Waals surface area contributed by atoms with E-state index in [1.165, 1.54) is 7.11 Å². The van der Waals surface area contributed by atoms with E-state index in [1.807, 2.05) is 13.8 Å². The summed E-state index contributed by atoms with van der Waals surface area (Å²) in [6.45, 7) is 3.96. The molecule has 0 bridgehead atoms. The number of ether oxygens (including phenoxy) is 2. The Morgan fingerprint density at radius 3 is 2.76 bits per heavy atom. The van der Waals surface area contributed by atoms with Crippen LogP contribution < -0.4 is 15.2 Å². The minimum absolute atomic E-state index is 0.0349. The van der Waals surface area contributed by atoms with Gasteiger partial charge in [-0.05, 0) is 13.3 Å². The van der Waals surface area contributed by atoms with Crippen LogP contribution in [0.3, 0.4) is 0 Å². The second-order valence-electron chi connectivity index (χ2n) is 3.67. The van der Waals surface area contributed by atoms with E-state index >= 15 is 0 Å². The maximum atomic E-state index is 5.78. The third kappa shape index (κ3) is 2.22. The van der Waals surface area contributed by atoms with Gasteiger partial charge in [0.15, 0.2) is 11.5 Å². The molecule has 0 fully saturated rings. The Bertz CT molecular complexity index is 525. The van der Waals surface area contributed by atoms with Crippen LogP contribution in [0.5, 0.6) is 12.0 Å². The first-order valence-corrected chi connectivity index (χ1v) is 5.38. The molecule has 2 rings (SSSR count). The fourth-order valence-electron chi connectivity index (χ4n) is 1.29. The standard InChI is InChI=1S/C10H15N5O2/c1-4-5(2)17-10-13-7(11)6-8(15-10)14-9(12-6)16-3/h5H,4H2,1-3H3,(H3,11,12,13,14,15). The van der Waals surface area contributed by atoms with Gasteiger partial charge in [0.2, 0.25) is 0 Å². The number of rotatable bonds is 4. The van der Waals surface area contributed by atoms with E-state index in [0.29, 0.717) is 23.0 Å². The number of anilines is 1. The maximum Gasteiger partial charge on any atom is 0.320 e. The second-order valence-corrected chi connectivity index (χ2v) is 3.67. The van der Waals surface area contributed by atoms with Gasteiger partial charge in [0.1, 0.15) is 5.52 Å². The first kappa shape index (κ1) is 11.4. The van der Waals surface area contributed by atoms with Gasteiger partial charge in [-0.2, -0.15) is 15.0 Å². The van der Waals surface area contributed by atoms with Crippen LogP contribution in [-0.2, 0) is 0 Å². The Morgan fingerprint density at radius 1 is 1.35 bits per heavy atom. The van der Waals surface area contributed by atoms with Crippen LogP contribution in [0.15, 0.2) is 0 Å². The van der Waals surface area contributed by atoms with Crippen molar-refractivity contribution in [3.8, 4) is 12.0 Å². The Kier molecular flexibility index (Phi) is 2.99. The Balaban J connectivity index is 2.40. The Morgan fingerprint density at radius 2 is 2.12 bits per heavy atom. The number of nitrogen functional groups attached to an aromatic ring is 1. The monoisotopic (exact) mass is 237 g/mol. The molecule has 0 radical (unpaired) electrons. The highest BCUT2D eigenvalue weighted by atomic mass is 16.5. The summed E-state index contributed by atoms with van der Waals surface area (Å²) in [6, 6.07) is 0.584. The molecule has 0 aliphatic rings. The first-order chi connectivity index (χ1) is 8.13. The number of nitrogens with two attached hydrogens (primary N) is 1. The minimum Gasteiger partial charge on any atom is -0.468 e. The van der Waals surface area contributed by atoms with Crippen molar-refractivity contribution in [1.29, 1.82) is 0 Å². The van der Waals surface area contributed by atoms with Gasteiger partial charge < -0.3 is 20.2 Å². The molecule has 0 aromatic carbocycles. The lowest BCUT2D eigenvalue weighted by atomic mass is 10.3. The molecule has 0 spiro atoms. The van der Waals surface area contributed by atoms with Crippen LogP contribution in [0.2, 0.25) is 0 Å². The van der Waals surface area contributed by atoms with Gasteiger partial charge in [0.05, 0.1) is 13.2 Å². The summed E-state index contributed by atoms with van der Waals surface area (Å²) < 4.78 is 10.5. The summed E-state index contributed by atoms with van der Waals surface area (Å²) in [6.07, 6.45) is 0.901. The normalized spacial score (nSPS) is 12.6. The van der Waals surface area contributed by atoms with E-state index in [1.54, 1.807) is 0 Å². The number of hydrogen-bond acceptors (Lipinski definition) is 6. The highest BCUT2D eigenvalue weighted by Crippen LogP contribution is 2.21. The lowest BCUT2D eigenvalue weighted by molar-refractivity contribution is 0.200. The predicted molar refractivity (Wildman–Crippen MR) is 63.0 cm³/mol. The number of nitrogens with zero attached hydrogens (tertiary/aromatic N) is 3. The number of aromatic amines is 1. The minimum atomic E-state index is 0.0349. The number of imidazole rings is 1. The highest BCUT2D eigenvalue weighted by Gasteiger charge is 2.12. The molecule has 7 nitrogen and oxygen atoms in total. The van der Waals surface area contributed by atoms with Crippen molar-refractivity contribution in [3.63, 3.8) is 0 Å². The molecule has 0 saturated heterocycles. The van der Waals surface area contributed by atoms with Crippen molar-refractivity contribution in [1.82, 2.24) is 19.9 Å². The van der Waals surface area contributed by atoms with Crippen molar-refractivity contribution in [2.75, 3.05) is 12.8 Å². The SMILES string of the molecule is CCC(C)Oc1nc(N)c2[nH]c(OC)nc2n1. The van der Waals surface area contributed by atoms with Crippen molar-refractivity contribution in [2.24, 2.45) is 0 Å². The van der Waals surface area contributed by atoms with Gasteiger partial charge in [0, 0.05) is 0 Å². The number of H-pyrrole nitrogens is 1. The van der Waals surface area contributed by atoms with Crippen LogP contribution >= 0.6 is 0 Å². The smallest absolute Gasteiger partial charge is 0.320 e. The Hall–Kier alpha value is -2.05. The fourth-order valence-corrected chi connectivity index (χ4v) is 1.29. The summed E-state index contributed by atoms with van der Waals surface area (Å²) in [5.74, 6) is 0.295. The third-order valence-corrected chi connectivity index (χ3v) is 2.41. The number of aromatic nitrogens is 4. The third-order valence-electron chi connectivity index (χ3n) is 2.41. The van der Waals surface area contributed by atoms with Crippen molar-refractivity contribution in [2.45, 2.75) is 26.4 Å². The van der Waals surface area contributed by atoms with E-state index in [4.69, 9.17) is 15.2 Å². The molecular weight excluding hydrogens is 222 g/mol. The molecule has 2 aromatic rings. The maximum absolute atomic E-state index is 5.78. The molecule has 92 valence electrons. The molecule has 17 heavy (non-hydrogen) atoms. The molecule has 0 saturated carbocycles. The van der Waals surface area contributed by atoms with Crippen LogP contribution in [0, 0.1) is 0 Å². The zero-order chi connectivity index (χ0) is 12.4. The predicted octanol–water partition coefficient (Wildman–Crippen LogP) is 1.12. The molecule has 0 aliphatic heterocycles. The molecule has 2 heterocycles. The summed E-state index contributed by atoms with van der Waals surface area (Å²) in [4.78, 5) is 15.2. The van der Waals surface area contributed by atoms with Crippen molar-refractivity contribution in [3.05, 3.63) is 0 Å². The molecule has 1 atom stereocenters. The van der Waals surface area contributed by atoms with Gasteiger partial charge in [-0.1, -0.05) is 6.92 Å². The van der Waals surface area contributed by atoms with Crippen LogP contribution in [0.25, 0.3) is 11.2 Å². The molecule has 3 N–H and O–H groups in total. The molecule has 0 aliphatic carbocycles. The average Bonchev–Trinajstić information content (AvgIpc) is 2.72. The van der Waals surface area contributed by atoms with Crippen LogP contribution in [0.4, 0.5) is 5.82 Å². The molecule has 0 amide bonds. The summed E-state index contributed by atoms with van der Waals surface area (Å²) in [7, 11) is 1.51. The zero-order valence-corrected chi connectivity index (χ0v) is 10.0. The lowest BCUT2D eigenvalue weighted by Crippen LogP contribution is -2.12. The van der Waals surface area contributed by atoms with E-state index < -0.39 is 0 Å². The lowest BCUT2D eigenvalue weighted by Gasteiger charge is -2.10. The van der Waals surface area contributed by atoms with Gasteiger partial charge in [0.25, 0.3) is 6.01 Å². The van der Waals surface area contributed by atoms with E-state index in [2.05, 4.69) is 19.9 Å². The number of hydrogen-bond donors (Lipinski definition) is 2. The van der Waals surface area contributed by atoms with E-state index in [9.17, 15) is 0 Å². The van der Waals surface area contributed by atoms with Crippen LogP contribution in [-0.4, -0.2) is 33.1 Å². The van der Waals surface area contributed by atoms with Crippen molar-refractivity contribution >= 4 is 17.0 Å². The van der Waals surface area contributed by atoms with Gasteiger partial charge in [-0.15, -0.1) is 0 Å². The molecular formula is C10H15N5O2. The topological polar surface area (TPSA) is 98.9 Å². The molecule has 1 unspecified atom stereocenters. The number of fused-ring (bicyclic) bond motifs is 1. The first-order valence-electron chi connectivity index (χ1n) is 5.38.